The molecule has 0 saturated carbocycles. The van der Waals surface area contributed by atoms with Gasteiger partial charge >= 0.3 is 18.9 Å². The van der Waals surface area contributed by atoms with Crippen molar-refractivity contribution in [3.63, 3.8) is 0 Å². The number of halogens is 2. The summed E-state index contributed by atoms with van der Waals surface area (Å²) in [6.07, 6.45) is 0. The van der Waals surface area contributed by atoms with Crippen LogP contribution in [0, 0.1) is 0 Å². The Morgan fingerprint density at radius 2 is 2.15 bits per heavy atom. The molecule has 0 heterocycles. The van der Waals surface area contributed by atoms with Gasteiger partial charge in [-0.1, -0.05) is 6.07 Å². The first-order chi connectivity index (χ1) is 5.66. The van der Waals surface area contributed by atoms with E-state index < -0.39 is 5.97 Å². The fourth-order valence-corrected chi connectivity index (χ4v) is 1.45. The van der Waals surface area contributed by atoms with Gasteiger partial charge in [-0.15, -0.1) is 0 Å². The van der Waals surface area contributed by atoms with Crippen LogP contribution in [0.4, 0.5) is 0 Å². The SMILES string of the molecule is O=C([O-])c1cccc(Br)c1OCl.[Li+]. The largest absolute Gasteiger partial charge is 1.00 e. The average Bonchev–Trinajstić information content (AvgIpc) is 2.03. The van der Waals surface area contributed by atoms with E-state index in [0.717, 1.165) is 0 Å². The molecule has 0 aliphatic carbocycles. The third-order valence-corrected chi connectivity index (χ3v) is 2.04. The van der Waals surface area contributed by atoms with Gasteiger partial charge in [0, 0.05) is 5.56 Å². The van der Waals surface area contributed by atoms with Crippen molar-refractivity contribution in [1.29, 1.82) is 0 Å². The van der Waals surface area contributed by atoms with Gasteiger partial charge in [0.2, 0.25) is 0 Å². The molecule has 3 nitrogen and oxygen atoms in total. The quantitative estimate of drug-likeness (QED) is 0.597. The Kier molecular flexibility index (Phi) is 5.50. The zero-order valence-electron chi connectivity index (χ0n) is 6.71. The first-order valence-corrected chi connectivity index (χ1v) is 4.05. The van der Waals surface area contributed by atoms with E-state index in [1.54, 1.807) is 12.1 Å². The Labute approximate surface area is 101 Å². The summed E-state index contributed by atoms with van der Waals surface area (Å²) in [5.41, 5.74) is -0.0839. The third-order valence-electron chi connectivity index (χ3n) is 1.26. The number of benzene rings is 1. The van der Waals surface area contributed by atoms with Crippen molar-refractivity contribution in [2.24, 2.45) is 0 Å². The second-order valence-electron chi connectivity index (χ2n) is 1.98. The second kappa shape index (κ2) is 5.56. The fourth-order valence-electron chi connectivity index (χ4n) is 0.748. The van der Waals surface area contributed by atoms with E-state index in [-0.39, 0.29) is 30.2 Å². The Balaban J connectivity index is 0.00000144. The second-order valence-corrected chi connectivity index (χ2v) is 2.99. The van der Waals surface area contributed by atoms with Crippen molar-refractivity contribution in [3.05, 3.63) is 28.2 Å². The van der Waals surface area contributed by atoms with Crippen molar-refractivity contribution in [2.75, 3.05) is 0 Å². The van der Waals surface area contributed by atoms with Crippen molar-refractivity contribution in [3.8, 4) is 5.75 Å². The molecule has 0 radical (unpaired) electrons. The minimum Gasteiger partial charge on any atom is -0.545 e. The van der Waals surface area contributed by atoms with Gasteiger partial charge in [-0.3, -0.25) is 0 Å². The van der Waals surface area contributed by atoms with Gasteiger partial charge in [-0.25, -0.2) is 0 Å². The summed E-state index contributed by atoms with van der Waals surface area (Å²) in [4.78, 5) is 10.5. The molecule has 6 heteroatoms. The fraction of sp³-hybridized carbons (Fsp3) is 0. The maximum absolute atomic E-state index is 10.5. The van der Waals surface area contributed by atoms with Crippen LogP contribution in [0.15, 0.2) is 22.7 Å². The van der Waals surface area contributed by atoms with Gasteiger partial charge in [-0.2, -0.15) is 0 Å². The van der Waals surface area contributed by atoms with E-state index in [1.165, 1.54) is 6.07 Å². The first kappa shape index (κ1) is 12.9. The zero-order chi connectivity index (χ0) is 9.14. The summed E-state index contributed by atoms with van der Waals surface area (Å²) in [6, 6.07) is 4.51. The van der Waals surface area contributed by atoms with Crippen molar-refractivity contribution in [1.82, 2.24) is 0 Å². The van der Waals surface area contributed by atoms with E-state index in [4.69, 9.17) is 11.9 Å². The molecule has 0 fully saturated rings. The Bertz CT molecular complexity index is 319. The molecule has 0 N–H and O–H groups in total. The number of hydrogen-bond acceptors (Lipinski definition) is 3. The number of carboxylic acid groups (broad SMARTS) is 1. The monoisotopic (exact) mass is 256 g/mol. The normalized spacial score (nSPS) is 8.77. The molecule has 0 atom stereocenters. The number of aromatic carboxylic acids is 1. The molecular formula is C7H3BrClLiO3. The van der Waals surface area contributed by atoms with E-state index in [2.05, 4.69) is 20.2 Å². The molecule has 1 rings (SSSR count). The van der Waals surface area contributed by atoms with Crippen LogP contribution in [-0.4, -0.2) is 5.97 Å². The first-order valence-electron chi connectivity index (χ1n) is 2.95. The number of para-hydroxylation sites is 1. The van der Waals surface area contributed by atoms with Gasteiger partial charge in [0.05, 0.1) is 10.4 Å². The average molecular weight is 257 g/mol. The third kappa shape index (κ3) is 2.92. The number of rotatable bonds is 2. The molecule has 0 aliphatic rings. The van der Waals surface area contributed by atoms with Crippen LogP contribution in [-0.2, 0) is 0 Å². The number of carbonyl (C=O) groups is 1. The van der Waals surface area contributed by atoms with Crippen LogP contribution < -0.4 is 28.3 Å². The van der Waals surface area contributed by atoms with E-state index in [1.807, 2.05) is 0 Å². The van der Waals surface area contributed by atoms with Crippen LogP contribution in [0.5, 0.6) is 5.75 Å². The summed E-state index contributed by atoms with van der Waals surface area (Å²) in [5, 5.41) is 10.5. The molecule has 0 bridgehead atoms. The van der Waals surface area contributed by atoms with Gasteiger partial charge in [-0.05, 0) is 28.1 Å². The Morgan fingerprint density at radius 1 is 1.54 bits per heavy atom. The molecule has 64 valence electrons. The molecule has 1 aromatic carbocycles. The van der Waals surface area contributed by atoms with Crippen LogP contribution in [0.25, 0.3) is 0 Å². The van der Waals surface area contributed by atoms with Gasteiger partial charge < -0.3 is 14.2 Å². The van der Waals surface area contributed by atoms with Crippen molar-refractivity contribution < 1.29 is 33.1 Å². The minimum atomic E-state index is -1.33. The van der Waals surface area contributed by atoms with E-state index in [9.17, 15) is 9.90 Å². The predicted octanol–water partition coefficient (Wildman–Crippen LogP) is -1.65. The van der Waals surface area contributed by atoms with E-state index >= 15 is 0 Å². The topological polar surface area (TPSA) is 49.4 Å². The molecule has 0 aliphatic heterocycles. The van der Waals surface area contributed by atoms with E-state index in [0.29, 0.717) is 4.47 Å². The molecule has 0 aromatic heterocycles. The smallest absolute Gasteiger partial charge is 0.545 e. The summed E-state index contributed by atoms with van der Waals surface area (Å²) in [5.74, 6) is -1.27. The number of carbonyl (C=O) groups excluding carboxylic acids is 1. The Morgan fingerprint density at radius 3 is 2.54 bits per heavy atom. The number of carboxylic acids is 1. The summed E-state index contributed by atoms with van der Waals surface area (Å²) in [7, 11) is 0. The van der Waals surface area contributed by atoms with Crippen LogP contribution >= 0.6 is 27.8 Å². The standard InChI is InChI=1S/C7H4BrClO3.Li/c8-5-3-1-2-4(7(10)11)6(5)12-9;/h1-3H,(H,10,11);/q;+1/p-1. The van der Waals surface area contributed by atoms with Crippen molar-refractivity contribution in [2.45, 2.75) is 0 Å². The Hall–Kier alpha value is -0.143. The molecule has 0 unspecified atom stereocenters. The summed E-state index contributed by atoms with van der Waals surface area (Å²) >= 11 is 8.14. The molecule has 13 heavy (non-hydrogen) atoms. The summed E-state index contributed by atoms with van der Waals surface area (Å²) in [6.45, 7) is 0. The minimum absolute atomic E-state index is 0. The molecule has 0 spiro atoms. The summed E-state index contributed by atoms with van der Waals surface area (Å²) < 4.78 is 4.81. The van der Waals surface area contributed by atoms with Crippen molar-refractivity contribution >= 4 is 33.8 Å². The maximum atomic E-state index is 10.5. The van der Waals surface area contributed by atoms with Crippen LogP contribution in [0.2, 0.25) is 0 Å². The zero-order valence-corrected chi connectivity index (χ0v) is 9.05. The van der Waals surface area contributed by atoms with Gasteiger partial charge in [0.1, 0.15) is 11.9 Å². The van der Waals surface area contributed by atoms with Crippen LogP contribution in [0.1, 0.15) is 10.4 Å². The maximum Gasteiger partial charge on any atom is 1.00 e. The predicted molar refractivity (Wildman–Crippen MR) is 45.0 cm³/mol. The van der Waals surface area contributed by atoms with Gasteiger partial charge in [0.15, 0.2) is 5.75 Å². The molecule has 1 aromatic rings. The molecular weight excluding hydrogens is 254 g/mol. The van der Waals surface area contributed by atoms with Crippen LogP contribution in [0.3, 0.4) is 0 Å². The molecule has 0 saturated heterocycles. The van der Waals surface area contributed by atoms with Gasteiger partial charge in [0.25, 0.3) is 0 Å². The molecule has 0 amide bonds. The number of hydrogen-bond donors (Lipinski definition) is 0.